The average Bonchev–Trinajstić information content (AvgIpc) is 3.14. The van der Waals surface area contributed by atoms with Gasteiger partial charge in [0.1, 0.15) is 5.75 Å². The van der Waals surface area contributed by atoms with Crippen molar-refractivity contribution >= 4 is 33.7 Å². The lowest BCUT2D eigenvalue weighted by Gasteiger charge is -2.20. The van der Waals surface area contributed by atoms with Crippen LogP contribution in [0, 0.1) is 0 Å². The Morgan fingerprint density at radius 3 is 2.50 bits per heavy atom. The molecule has 0 radical (unpaired) electrons. The first-order valence-electron chi connectivity index (χ1n) is 9.18. The summed E-state index contributed by atoms with van der Waals surface area (Å²) in [4.78, 5) is 23.7. The van der Waals surface area contributed by atoms with E-state index in [1.54, 1.807) is 37.4 Å². The molecule has 0 aromatic heterocycles. The molecular weight excluding hydrogens is 456 g/mol. The number of benzene rings is 2. The normalized spacial score (nSPS) is 15.3. The fraction of sp³-hybridized carbons (Fsp3) is 0.286. The summed E-state index contributed by atoms with van der Waals surface area (Å²) < 4.78 is 23.0. The summed E-state index contributed by atoms with van der Waals surface area (Å²) in [6.07, 6.45) is -0.842. The zero-order chi connectivity index (χ0) is 21.8. The van der Waals surface area contributed by atoms with Crippen molar-refractivity contribution in [2.24, 2.45) is 5.10 Å². The molecule has 0 saturated carbocycles. The molecular formula is C21H21BrN2O6. The topological polar surface area (TPSA) is 86.7 Å². The first kappa shape index (κ1) is 21.6. The third kappa shape index (κ3) is 4.56. The van der Waals surface area contributed by atoms with Gasteiger partial charge in [-0.1, -0.05) is 15.9 Å². The van der Waals surface area contributed by atoms with Crippen molar-refractivity contribution in [1.29, 1.82) is 0 Å². The van der Waals surface area contributed by atoms with Crippen LogP contribution in [-0.2, 0) is 14.3 Å². The Bertz CT molecular complexity index is 1010. The van der Waals surface area contributed by atoms with Crippen molar-refractivity contribution in [3.63, 3.8) is 0 Å². The number of hydrogen-bond acceptors (Lipinski definition) is 7. The van der Waals surface area contributed by atoms with Gasteiger partial charge in [0.05, 0.1) is 19.3 Å². The fourth-order valence-electron chi connectivity index (χ4n) is 2.93. The maximum Gasteiger partial charge on any atom is 0.308 e. The lowest BCUT2D eigenvalue weighted by molar-refractivity contribution is -0.135. The molecule has 2 aromatic carbocycles. The minimum atomic E-state index is -0.842. The van der Waals surface area contributed by atoms with Crippen LogP contribution in [0.2, 0.25) is 0 Å². The highest BCUT2D eigenvalue weighted by atomic mass is 79.9. The van der Waals surface area contributed by atoms with Crippen LogP contribution < -0.4 is 14.2 Å². The van der Waals surface area contributed by atoms with Crippen LogP contribution in [0.1, 0.15) is 38.1 Å². The van der Waals surface area contributed by atoms with E-state index in [0.29, 0.717) is 29.2 Å². The van der Waals surface area contributed by atoms with Crippen molar-refractivity contribution in [3.05, 3.63) is 52.0 Å². The molecule has 1 heterocycles. The first-order chi connectivity index (χ1) is 14.3. The average molecular weight is 477 g/mol. The largest absolute Gasteiger partial charge is 0.496 e. The molecule has 158 valence electrons. The number of ether oxygens (including phenoxy) is 4. The van der Waals surface area contributed by atoms with E-state index in [2.05, 4.69) is 21.0 Å². The second kappa shape index (κ2) is 9.17. The van der Waals surface area contributed by atoms with Gasteiger partial charge < -0.3 is 18.9 Å². The Kier molecular flexibility index (Phi) is 6.61. The number of amides is 1. The number of esters is 1. The molecule has 0 saturated heterocycles. The molecule has 0 bridgehead atoms. The lowest BCUT2D eigenvalue weighted by Crippen LogP contribution is -2.25. The summed E-state index contributed by atoms with van der Waals surface area (Å²) in [5.74, 6) is 0.636. The molecule has 30 heavy (non-hydrogen) atoms. The van der Waals surface area contributed by atoms with Crippen LogP contribution in [0.5, 0.6) is 17.2 Å². The number of hydrazone groups is 1. The van der Waals surface area contributed by atoms with Gasteiger partial charge in [0.2, 0.25) is 18.0 Å². The number of carbonyl (C=O) groups is 2. The summed E-state index contributed by atoms with van der Waals surface area (Å²) in [6, 6.07) is 10.4. The van der Waals surface area contributed by atoms with E-state index in [-0.39, 0.29) is 17.6 Å². The molecule has 8 nitrogen and oxygen atoms in total. The van der Waals surface area contributed by atoms with E-state index in [1.807, 2.05) is 13.0 Å². The molecule has 1 aliphatic heterocycles. The number of rotatable bonds is 6. The maximum atomic E-state index is 12.2. The SMILES string of the molecule is CCOc1ccc(C2OC(c3cc(Br)ccc3OC)=NN2C(C)=O)cc1OC(C)=O. The zero-order valence-electron chi connectivity index (χ0n) is 17.0. The van der Waals surface area contributed by atoms with Crippen LogP contribution in [0.15, 0.2) is 46.0 Å². The summed E-state index contributed by atoms with van der Waals surface area (Å²) in [5, 5.41) is 5.58. The Labute approximate surface area is 182 Å². The van der Waals surface area contributed by atoms with Gasteiger partial charge in [-0.05, 0) is 43.3 Å². The van der Waals surface area contributed by atoms with E-state index in [0.717, 1.165) is 4.47 Å². The summed E-state index contributed by atoms with van der Waals surface area (Å²) >= 11 is 3.42. The molecule has 0 N–H and O–H groups in total. The number of carbonyl (C=O) groups excluding carboxylic acids is 2. The van der Waals surface area contributed by atoms with E-state index in [4.69, 9.17) is 18.9 Å². The third-order valence-electron chi connectivity index (χ3n) is 4.16. The molecule has 0 fully saturated rings. The standard InChI is InChI=1S/C21H21BrN2O6/c1-5-28-18-8-6-14(10-19(18)29-13(3)26)21-24(12(2)25)23-20(30-21)16-11-15(22)7-9-17(16)27-4/h6-11,21H,5H2,1-4H3. The number of hydrogen-bond donors (Lipinski definition) is 0. The van der Waals surface area contributed by atoms with Gasteiger partial charge in [0.15, 0.2) is 11.5 Å². The number of nitrogens with zero attached hydrogens (tertiary/aromatic N) is 2. The monoisotopic (exact) mass is 476 g/mol. The Morgan fingerprint density at radius 2 is 1.87 bits per heavy atom. The van der Waals surface area contributed by atoms with Crippen LogP contribution in [0.3, 0.4) is 0 Å². The van der Waals surface area contributed by atoms with E-state index in [9.17, 15) is 9.59 Å². The first-order valence-corrected chi connectivity index (χ1v) is 9.97. The van der Waals surface area contributed by atoms with Crippen molar-refractivity contribution in [2.75, 3.05) is 13.7 Å². The van der Waals surface area contributed by atoms with Gasteiger partial charge in [-0.3, -0.25) is 9.59 Å². The second-order valence-corrected chi connectivity index (χ2v) is 7.23. The van der Waals surface area contributed by atoms with Crippen LogP contribution in [-0.4, -0.2) is 36.5 Å². The lowest BCUT2D eigenvalue weighted by atomic mass is 10.1. The molecule has 1 atom stereocenters. The molecule has 1 unspecified atom stereocenters. The molecule has 9 heteroatoms. The fourth-order valence-corrected chi connectivity index (χ4v) is 3.29. The quantitative estimate of drug-likeness (QED) is 0.462. The van der Waals surface area contributed by atoms with Gasteiger partial charge in [-0.25, -0.2) is 0 Å². The van der Waals surface area contributed by atoms with Crippen LogP contribution >= 0.6 is 15.9 Å². The van der Waals surface area contributed by atoms with E-state index >= 15 is 0 Å². The van der Waals surface area contributed by atoms with E-state index in [1.165, 1.54) is 18.9 Å². The van der Waals surface area contributed by atoms with E-state index < -0.39 is 12.2 Å². The van der Waals surface area contributed by atoms with Gasteiger partial charge in [-0.15, -0.1) is 5.10 Å². The highest BCUT2D eigenvalue weighted by Gasteiger charge is 2.35. The Hall–Kier alpha value is -3.07. The second-order valence-electron chi connectivity index (χ2n) is 6.32. The minimum Gasteiger partial charge on any atom is -0.496 e. The molecule has 1 amide bonds. The maximum absolute atomic E-state index is 12.2. The van der Waals surface area contributed by atoms with Gasteiger partial charge in [0, 0.05) is 23.9 Å². The van der Waals surface area contributed by atoms with Crippen molar-refractivity contribution in [1.82, 2.24) is 5.01 Å². The van der Waals surface area contributed by atoms with Crippen molar-refractivity contribution in [3.8, 4) is 17.2 Å². The third-order valence-corrected chi connectivity index (χ3v) is 4.66. The Morgan fingerprint density at radius 1 is 1.13 bits per heavy atom. The summed E-state index contributed by atoms with van der Waals surface area (Å²) in [7, 11) is 1.54. The molecule has 3 rings (SSSR count). The predicted molar refractivity (Wildman–Crippen MR) is 112 cm³/mol. The van der Waals surface area contributed by atoms with Gasteiger partial charge >= 0.3 is 5.97 Å². The molecule has 0 spiro atoms. The highest BCUT2D eigenvalue weighted by Crippen LogP contribution is 2.37. The molecule has 0 aliphatic carbocycles. The summed E-state index contributed by atoms with van der Waals surface area (Å²) in [5.41, 5.74) is 1.16. The zero-order valence-corrected chi connectivity index (χ0v) is 18.6. The van der Waals surface area contributed by atoms with Crippen molar-refractivity contribution in [2.45, 2.75) is 27.0 Å². The highest BCUT2D eigenvalue weighted by molar-refractivity contribution is 9.10. The number of halogens is 1. The van der Waals surface area contributed by atoms with Gasteiger partial charge in [0.25, 0.3) is 0 Å². The number of methoxy groups -OCH3 is 1. The summed E-state index contributed by atoms with van der Waals surface area (Å²) in [6.45, 7) is 4.93. The minimum absolute atomic E-state index is 0.233. The van der Waals surface area contributed by atoms with Crippen LogP contribution in [0.4, 0.5) is 0 Å². The smallest absolute Gasteiger partial charge is 0.308 e. The molecule has 2 aromatic rings. The predicted octanol–water partition coefficient (Wildman–Crippen LogP) is 4.02. The van der Waals surface area contributed by atoms with Gasteiger partial charge in [-0.2, -0.15) is 5.01 Å². The Balaban J connectivity index is 2.00. The van der Waals surface area contributed by atoms with Crippen LogP contribution in [0.25, 0.3) is 0 Å². The van der Waals surface area contributed by atoms with Crippen molar-refractivity contribution < 1.29 is 28.5 Å². The molecule has 1 aliphatic rings.